The van der Waals surface area contributed by atoms with Crippen LogP contribution in [-0.4, -0.2) is 41.9 Å². The summed E-state index contributed by atoms with van der Waals surface area (Å²) in [5.41, 5.74) is 1.50. The van der Waals surface area contributed by atoms with E-state index in [-0.39, 0.29) is 17.6 Å². The molecule has 134 valence electrons. The molecule has 0 radical (unpaired) electrons. The molecule has 2 atom stereocenters. The molecule has 0 amide bonds. The number of esters is 1. The number of hydrogen-bond donors (Lipinski definition) is 0. The fourth-order valence-corrected chi connectivity index (χ4v) is 4.87. The average molecular weight is 341 g/mol. The van der Waals surface area contributed by atoms with Gasteiger partial charge in [0.05, 0.1) is 12.3 Å². The zero-order valence-electron chi connectivity index (χ0n) is 15.0. The van der Waals surface area contributed by atoms with Gasteiger partial charge in [-0.2, -0.15) is 5.10 Å². The first kappa shape index (κ1) is 16.6. The Morgan fingerprint density at radius 1 is 1.20 bits per heavy atom. The summed E-state index contributed by atoms with van der Waals surface area (Å²) in [4.78, 5) is 15.2. The van der Waals surface area contributed by atoms with E-state index in [0.29, 0.717) is 12.3 Å². The Bertz CT molecular complexity index is 654. The van der Waals surface area contributed by atoms with E-state index < -0.39 is 0 Å². The number of nitrogens with zero attached hydrogens (tertiary/aromatic N) is 3. The lowest BCUT2D eigenvalue weighted by atomic mass is 9.75. The second kappa shape index (κ2) is 6.79. The van der Waals surface area contributed by atoms with Gasteiger partial charge in [-0.25, -0.2) is 9.80 Å². The maximum atomic E-state index is 12.6. The van der Waals surface area contributed by atoms with Gasteiger partial charge in [-0.3, -0.25) is 4.90 Å². The van der Waals surface area contributed by atoms with Gasteiger partial charge in [0.1, 0.15) is 5.66 Å². The number of hydrazone groups is 1. The molecule has 5 heteroatoms. The van der Waals surface area contributed by atoms with Crippen molar-refractivity contribution in [3.63, 3.8) is 0 Å². The van der Waals surface area contributed by atoms with Crippen molar-refractivity contribution in [2.45, 2.75) is 51.1 Å². The molecule has 5 nitrogen and oxygen atoms in total. The van der Waals surface area contributed by atoms with Gasteiger partial charge in [0, 0.05) is 19.0 Å². The van der Waals surface area contributed by atoms with Gasteiger partial charge in [0.2, 0.25) is 0 Å². The van der Waals surface area contributed by atoms with E-state index in [1.807, 2.05) is 25.1 Å². The third-order valence-electron chi connectivity index (χ3n) is 5.89. The van der Waals surface area contributed by atoms with Crippen LogP contribution in [0.3, 0.4) is 0 Å². The standard InChI is InChI=1S/C20H27N3O2/c1-2-25-19(24)18-17-12-6-7-13-20(17,22-14-8-9-15-22)23(21-18)16-10-4-3-5-11-16/h3-5,10-11,17H,2,6-9,12-15H2,1H3. The molecule has 0 N–H and O–H groups in total. The van der Waals surface area contributed by atoms with E-state index in [1.54, 1.807) is 0 Å². The fourth-order valence-electron chi connectivity index (χ4n) is 4.87. The van der Waals surface area contributed by atoms with Gasteiger partial charge in [-0.05, 0) is 51.2 Å². The molecule has 25 heavy (non-hydrogen) atoms. The Morgan fingerprint density at radius 3 is 2.68 bits per heavy atom. The Kier molecular flexibility index (Phi) is 4.50. The summed E-state index contributed by atoms with van der Waals surface area (Å²) in [6.45, 7) is 4.43. The van der Waals surface area contributed by atoms with Gasteiger partial charge in [0.25, 0.3) is 0 Å². The Morgan fingerprint density at radius 2 is 1.96 bits per heavy atom. The molecule has 2 heterocycles. The van der Waals surface area contributed by atoms with Crippen molar-refractivity contribution in [3.05, 3.63) is 30.3 Å². The molecule has 1 saturated carbocycles. The van der Waals surface area contributed by atoms with Crippen LogP contribution in [0.25, 0.3) is 0 Å². The molecule has 0 bridgehead atoms. The van der Waals surface area contributed by atoms with Crippen LogP contribution in [0, 0.1) is 5.92 Å². The highest BCUT2D eigenvalue weighted by Gasteiger charge is 2.58. The minimum Gasteiger partial charge on any atom is -0.461 e. The summed E-state index contributed by atoms with van der Waals surface area (Å²) in [6, 6.07) is 10.3. The van der Waals surface area contributed by atoms with Crippen LogP contribution in [0.4, 0.5) is 5.69 Å². The zero-order valence-corrected chi connectivity index (χ0v) is 15.0. The van der Waals surface area contributed by atoms with Crippen molar-refractivity contribution >= 4 is 17.4 Å². The molecular formula is C20H27N3O2. The largest absolute Gasteiger partial charge is 0.461 e. The molecule has 4 rings (SSSR count). The Labute approximate surface area is 149 Å². The van der Waals surface area contributed by atoms with Gasteiger partial charge in [-0.1, -0.05) is 24.6 Å². The maximum absolute atomic E-state index is 12.6. The molecule has 0 aromatic heterocycles. The number of carbonyl (C=O) groups excluding carboxylic acids is 1. The molecule has 1 aromatic rings. The highest BCUT2D eigenvalue weighted by atomic mass is 16.5. The number of benzene rings is 1. The normalized spacial score (nSPS) is 29.4. The Balaban J connectivity index is 1.80. The molecule has 0 spiro atoms. The molecule has 2 unspecified atom stereocenters. The number of hydrogen-bond acceptors (Lipinski definition) is 5. The first-order valence-electron chi connectivity index (χ1n) is 9.63. The third-order valence-corrected chi connectivity index (χ3v) is 5.89. The van der Waals surface area contributed by atoms with Crippen molar-refractivity contribution in [2.75, 3.05) is 24.7 Å². The highest BCUT2D eigenvalue weighted by molar-refractivity contribution is 6.38. The summed E-state index contributed by atoms with van der Waals surface area (Å²) in [6.07, 6.45) is 6.86. The second-order valence-corrected chi connectivity index (χ2v) is 7.22. The van der Waals surface area contributed by atoms with Gasteiger partial charge < -0.3 is 4.74 Å². The van der Waals surface area contributed by atoms with Crippen LogP contribution < -0.4 is 5.01 Å². The topological polar surface area (TPSA) is 45.1 Å². The van der Waals surface area contributed by atoms with Crippen LogP contribution in [0.2, 0.25) is 0 Å². The van der Waals surface area contributed by atoms with Crippen LogP contribution in [0.1, 0.15) is 45.4 Å². The van der Waals surface area contributed by atoms with Crippen molar-refractivity contribution < 1.29 is 9.53 Å². The number of ether oxygens (including phenoxy) is 1. The van der Waals surface area contributed by atoms with Crippen LogP contribution in [0.5, 0.6) is 0 Å². The smallest absolute Gasteiger partial charge is 0.354 e. The van der Waals surface area contributed by atoms with Crippen molar-refractivity contribution in [1.29, 1.82) is 0 Å². The number of fused-ring (bicyclic) bond motifs is 1. The lowest BCUT2D eigenvalue weighted by Crippen LogP contribution is -2.62. The van der Waals surface area contributed by atoms with Gasteiger partial charge >= 0.3 is 5.97 Å². The minimum absolute atomic E-state index is 0.138. The van der Waals surface area contributed by atoms with E-state index >= 15 is 0 Å². The maximum Gasteiger partial charge on any atom is 0.354 e. The summed E-state index contributed by atoms with van der Waals surface area (Å²) in [5.74, 6) is -0.102. The van der Waals surface area contributed by atoms with Crippen molar-refractivity contribution in [3.8, 4) is 0 Å². The van der Waals surface area contributed by atoms with Crippen molar-refractivity contribution in [1.82, 2.24) is 4.90 Å². The summed E-state index contributed by atoms with van der Waals surface area (Å²) >= 11 is 0. The number of para-hydroxylation sites is 1. The first-order valence-corrected chi connectivity index (χ1v) is 9.63. The van der Waals surface area contributed by atoms with E-state index in [2.05, 4.69) is 22.0 Å². The number of carbonyl (C=O) groups is 1. The molecule has 2 fully saturated rings. The lowest BCUT2D eigenvalue weighted by Gasteiger charge is -2.50. The van der Waals surface area contributed by atoms with E-state index in [1.165, 1.54) is 19.3 Å². The number of likely N-dealkylation sites (tertiary alicyclic amines) is 1. The molecule has 3 aliphatic rings. The molecule has 1 saturated heterocycles. The van der Waals surface area contributed by atoms with Crippen LogP contribution in [-0.2, 0) is 9.53 Å². The fraction of sp³-hybridized carbons (Fsp3) is 0.600. The second-order valence-electron chi connectivity index (χ2n) is 7.22. The van der Waals surface area contributed by atoms with Gasteiger partial charge in [0.15, 0.2) is 5.71 Å². The monoisotopic (exact) mass is 341 g/mol. The highest BCUT2D eigenvalue weighted by Crippen LogP contribution is 2.49. The van der Waals surface area contributed by atoms with E-state index in [4.69, 9.17) is 9.84 Å². The molecular weight excluding hydrogens is 314 g/mol. The predicted molar refractivity (Wildman–Crippen MR) is 98.5 cm³/mol. The molecule has 1 aromatic carbocycles. The minimum atomic E-state index is -0.239. The first-order chi connectivity index (χ1) is 12.3. The summed E-state index contributed by atoms with van der Waals surface area (Å²) in [7, 11) is 0. The lowest BCUT2D eigenvalue weighted by molar-refractivity contribution is -0.135. The third kappa shape index (κ3) is 2.65. The SMILES string of the molecule is CCOC(=O)C1=NN(c2ccccc2)C2(N3CCCC3)CCCCC12. The molecule has 2 aliphatic heterocycles. The summed E-state index contributed by atoms with van der Waals surface area (Å²) in [5, 5.41) is 7.02. The van der Waals surface area contributed by atoms with Crippen molar-refractivity contribution in [2.24, 2.45) is 11.0 Å². The molecule has 1 aliphatic carbocycles. The number of anilines is 1. The predicted octanol–water partition coefficient (Wildman–Crippen LogP) is 3.41. The van der Waals surface area contributed by atoms with Gasteiger partial charge in [-0.15, -0.1) is 0 Å². The van der Waals surface area contributed by atoms with Crippen LogP contribution in [0.15, 0.2) is 35.4 Å². The average Bonchev–Trinajstić information content (AvgIpc) is 3.29. The van der Waals surface area contributed by atoms with E-state index in [0.717, 1.165) is 38.0 Å². The number of rotatable bonds is 4. The van der Waals surface area contributed by atoms with E-state index in [9.17, 15) is 4.79 Å². The quantitative estimate of drug-likeness (QED) is 0.787. The Hall–Kier alpha value is -1.88. The zero-order chi connectivity index (χ0) is 17.3. The summed E-state index contributed by atoms with van der Waals surface area (Å²) < 4.78 is 5.35. The van der Waals surface area contributed by atoms with Crippen LogP contribution >= 0.6 is 0 Å².